The molecule has 0 unspecified atom stereocenters. The summed E-state index contributed by atoms with van der Waals surface area (Å²) in [5, 5.41) is 0. The summed E-state index contributed by atoms with van der Waals surface area (Å²) >= 11 is 0. The molecule has 0 atom stereocenters. The summed E-state index contributed by atoms with van der Waals surface area (Å²) in [6.45, 7) is 5.51. The Bertz CT molecular complexity index is 610. The lowest BCUT2D eigenvalue weighted by molar-refractivity contribution is -0.137. The number of benzene rings is 2. The predicted molar refractivity (Wildman–Crippen MR) is 71.1 cm³/mol. The Morgan fingerprint density at radius 2 is 1.26 bits per heavy atom. The number of hydrogen-bond donors (Lipinski definition) is 0. The fraction of sp³-hybridized carbons (Fsp3) is 0.250. The normalized spacial score (nSPS) is 11.7. The Morgan fingerprint density at radius 3 is 1.84 bits per heavy atom. The molecule has 2 aromatic carbocycles. The van der Waals surface area contributed by atoms with Crippen molar-refractivity contribution in [1.29, 1.82) is 0 Å². The second-order valence-electron chi connectivity index (χ2n) is 4.87. The average Bonchev–Trinajstić information content (AvgIpc) is 2.30. The largest absolute Gasteiger partial charge is 0.417 e. The molecule has 0 N–H and O–H groups in total. The zero-order chi connectivity index (χ0) is 14.2. The fourth-order valence-corrected chi connectivity index (χ4v) is 2.15. The molecule has 0 nitrogen and oxygen atoms in total. The van der Waals surface area contributed by atoms with E-state index < -0.39 is 11.7 Å². The van der Waals surface area contributed by atoms with Crippen molar-refractivity contribution >= 4 is 0 Å². The van der Waals surface area contributed by atoms with E-state index in [1.165, 1.54) is 6.07 Å². The van der Waals surface area contributed by atoms with Crippen molar-refractivity contribution in [3.05, 3.63) is 58.7 Å². The van der Waals surface area contributed by atoms with E-state index in [0.717, 1.165) is 22.8 Å². The molecule has 0 saturated heterocycles. The second-order valence-corrected chi connectivity index (χ2v) is 4.87. The lowest BCUT2D eigenvalue weighted by Crippen LogP contribution is -2.07. The molecule has 0 spiro atoms. The first-order chi connectivity index (χ1) is 8.79. The van der Waals surface area contributed by atoms with Crippen molar-refractivity contribution in [2.45, 2.75) is 26.9 Å². The third kappa shape index (κ3) is 2.80. The van der Waals surface area contributed by atoms with Crippen LogP contribution in [-0.2, 0) is 6.18 Å². The zero-order valence-corrected chi connectivity index (χ0v) is 11.1. The Hall–Kier alpha value is -1.77. The summed E-state index contributed by atoms with van der Waals surface area (Å²) in [6, 6.07) is 9.82. The van der Waals surface area contributed by atoms with Gasteiger partial charge < -0.3 is 0 Å². The number of halogens is 3. The Labute approximate surface area is 110 Å². The van der Waals surface area contributed by atoms with Crippen LogP contribution in [0.1, 0.15) is 22.3 Å². The monoisotopic (exact) mass is 264 g/mol. The van der Waals surface area contributed by atoms with Crippen molar-refractivity contribution in [2.75, 3.05) is 0 Å². The van der Waals surface area contributed by atoms with Crippen LogP contribution in [0.25, 0.3) is 11.1 Å². The van der Waals surface area contributed by atoms with Crippen LogP contribution in [0.5, 0.6) is 0 Å². The van der Waals surface area contributed by atoms with E-state index in [1.54, 1.807) is 19.1 Å². The van der Waals surface area contributed by atoms with E-state index in [4.69, 9.17) is 0 Å². The molecule has 0 aliphatic carbocycles. The van der Waals surface area contributed by atoms with Gasteiger partial charge in [-0.1, -0.05) is 41.5 Å². The lowest BCUT2D eigenvalue weighted by atomic mass is 9.93. The highest BCUT2D eigenvalue weighted by molar-refractivity contribution is 5.72. The van der Waals surface area contributed by atoms with E-state index in [1.807, 2.05) is 26.0 Å². The standard InChI is InChI=1S/C16H15F3/c1-10-4-6-12(3)13(8-10)14-9-11(2)5-7-15(14)16(17,18)19/h4-9H,1-3H3. The molecule has 0 heterocycles. The highest BCUT2D eigenvalue weighted by Gasteiger charge is 2.33. The van der Waals surface area contributed by atoms with Gasteiger partial charge in [0, 0.05) is 0 Å². The molecule has 100 valence electrons. The molecule has 0 aliphatic heterocycles. The summed E-state index contributed by atoms with van der Waals surface area (Å²) in [5.41, 5.74) is 2.96. The van der Waals surface area contributed by atoms with Gasteiger partial charge in [-0.2, -0.15) is 13.2 Å². The van der Waals surface area contributed by atoms with Crippen LogP contribution in [-0.4, -0.2) is 0 Å². The van der Waals surface area contributed by atoms with Crippen molar-refractivity contribution in [3.8, 4) is 11.1 Å². The minimum Gasteiger partial charge on any atom is -0.166 e. The van der Waals surface area contributed by atoms with Gasteiger partial charge in [-0.3, -0.25) is 0 Å². The van der Waals surface area contributed by atoms with E-state index in [0.29, 0.717) is 5.56 Å². The van der Waals surface area contributed by atoms with E-state index in [9.17, 15) is 13.2 Å². The number of rotatable bonds is 1. The first kappa shape index (κ1) is 13.7. The van der Waals surface area contributed by atoms with Crippen LogP contribution in [0.3, 0.4) is 0 Å². The Morgan fingerprint density at radius 1 is 0.737 bits per heavy atom. The molecule has 2 aromatic rings. The van der Waals surface area contributed by atoms with Gasteiger partial charge in [0.1, 0.15) is 0 Å². The summed E-state index contributed by atoms with van der Waals surface area (Å²) in [7, 11) is 0. The van der Waals surface area contributed by atoms with E-state index in [-0.39, 0.29) is 5.56 Å². The minimum absolute atomic E-state index is 0.258. The van der Waals surface area contributed by atoms with E-state index >= 15 is 0 Å². The van der Waals surface area contributed by atoms with Crippen LogP contribution >= 0.6 is 0 Å². The third-order valence-corrected chi connectivity index (χ3v) is 3.16. The molecule has 2 rings (SSSR count). The number of alkyl halides is 3. The molecule has 0 aliphatic rings. The quantitative estimate of drug-likeness (QED) is 0.655. The second kappa shape index (κ2) is 4.72. The molecule has 0 saturated carbocycles. The minimum atomic E-state index is -4.33. The maximum Gasteiger partial charge on any atom is 0.417 e. The Kier molecular flexibility index (Phi) is 3.40. The molecular formula is C16H15F3. The van der Waals surface area contributed by atoms with Crippen LogP contribution in [0.2, 0.25) is 0 Å². The van der Waals surface area contributed by atoms with Crippen molar-refractivity contribution in [3.63, 3.8) is 0 Å². The van der Waals surface area contributed by atoms with Crippen LogP contribution < -0.4 is 0 Å². The summed E-state index contributed by atoms with van der Waals surface area (Å²) in [6.07, 6.45) is -4.33. The van der Waals surface area contributed by atoms with Crippen LogP contribution in [0.4, 0.5) is 13.2 Å². The Balaban J connectivity index is 2.73. The first-order valence-corrected chi connectivity index (χ1v) is 6.04. The van der Waals surface area contributed by atoms with Gasteiger partial charge in [0.05, 0.1) is 5.56 Å². The summed E-state index contributed by atoms with van der Waals surface area (Å²) < 4.78 is 39.3. The molecule has 0 bridgehead atoms. The lowest BCUT2D eigenvalue weighted by Gasteiger charge is -2.16. The fourth-order valence-electron chi connectivity index (χ4n) is 2.15. The molecular weight excluding hydrogens is 249 g/mol. The van der Waals surface area contributed by atoms with Gasteiger partial charge in [0.2, 0.25) is 0 Å². The van der Waals surface area contributed by atoms with Crippen LogP contribution in [0.15, 0.2) is 36.4 Å². The van der Waals surface area contributed by atoms with Gasteiger partial charge >= 0.3 is 6.18 Å². The predicted octanol–water partition coefficient (Wildman–Crippen LogP) is 5.30. The SMILES string of the molecule is Cc1ccc(C)c(-c2cc(C)ccc2C(F)(F)F)c1. The van der Waals surface area contributed by atoms with Gasteiger partial charge in [-0.25, -0.2) is 0 Å². The number of aryl methyl sites for hydroxylation is 3. The van der Waals surface area contributed by atoms with Crippen molar-refractivity contribution < 1.29 is 13.2 Å². The molecule has 0 fully saturated rings. The van der Waals surface area contributed by atoms with Gasteiger partial charge in [-0.15, -0.1) is 0 Å². The van der Waals surface area contributed by atoms with Gasteiger partial charge in [0.25, 0.3) is 0 Å². The third-order valence-electron chi connectivity index (χ3n) is 3.16. The number of hydrogen-bond acceptors (Lipinski definition) is 0. The maximum absolute atomic E-state index is 13.1. The maximum atomic E-state index is 13.1. The van der Waals surface area contributed by atoms with Gasteiger partial charge in [-0.05, 0) is 43.5 Å². The molecule has 3 heteroatoms. The van der Waals surface area contributed by atoms with Crippen LogP contribution in [0, 0.1) is 20.8 Å². The zero-order valence-electron chi connectivity index (χ0n) is 11.1. The molecule has 0 radical (unpaired) electrons. The molecule has 0 aromatic heterocycles. The highest BCUT2D eigenvalue weighted by Crippen LogP contribution is 2.38. The van der Waals surface area contributed by atoms with Crippen molar-refractivity contribution in [2.24, 2.45) is 0 Å². The summed E-state index contributed by atoms with van der Waals surface area (Å²) in [4.78, 5) is 0. The first-order valence-electron chi connectivity index (χ1n) is 6.04. The smallest absolute Gasteiger partial charge is 0.166 e. The van der Waals surface area contributed by atoms with E-state index in [2.05, 4.69) is 0 Å². The highest BCUT2D eigenvalue weighted by atomic mass is 19.4. The topological polar surface area (TPSA) is 0 Å². The van der Waals surface area contributed by atoms with Crippen molar-refractivity contribution in [1.82, 2.24) is 0 Å². The summed E-state index contributed by atoms with van der Waals surface area (Å²) in [5.74, 6) is 0. The molecule has 19 heavy (non-hydrogen) atoms. The molecule has 0 amide bonds. The average molecular weight is 264 g/mol. The van der Waals surface area contributed by atoms with Gasteiger partial charge in [0.15, 0.2) is 0 Å².